The predicted octanol–water partition coefficient (Wildman–Crippen LogP) is 5.53. The van der Waals surface area contributed by atoms with Gasteiger partial charge in [-0.25, -0.2) is 9.79 Å². The molecule has 4 rings (SSSR count). The van der Waals surface area contributed by atoms with Crippen molar-refractivity contribution >= 4 is 28.8 Å². The van der Waals surface area contributed by atoms with E-state index in [1.54, 1.807) is 6.92 Å². The molecule has 0 aliphatic carbocycles. The average molecular weight is 492 g/mol. The van der Waals surface area contributed by atoms with Gasteiger partial charge in [0.05, 0.1) is 30.3 Å². The van der Waals surface area contributed by atoms with Gasteiger partial charge in [0.1, 0.15) is 11.5 Å². The van der Waals surface area contributed by atoms with Gasteiger partial charge in [-0.3, -0.25) is 4.79 Å². The summed E-state index contributed by atoms with van der Waals surface area (Å²) >= 11 is 1.45. The molecular weight excluding hydrogens is 462 g/mol. The summed E-state index contributed by atoms with van der Waals surface area (Å²) in [5.74, 6) is 0.858. The molecule has 0 bridgehead atoms. The highest BCUT2D eigenvalue weighted by Gasteiger charge is 2.41. The quantitative estimate of drug-likeness (QED) is 0.489. The number of amidine groups is 1. The SMILES string of the molecule is CCOC(=O)C1=C(C)N=C2SC=C(CC(=O)NC(C)C)N2C1c1cccc(Oc2ccccc2)c1. The summed E-state index contributed by atoms with van der Waals surface area (Å²) in [4.78, 5) is 32.4. The topological polar surface area (TPSA) is 80.2 Å². The second kappa shape index (κ2) is 10.8. The average Bonchev–Trinajstić information content (AvgIpc) is 3.20. The highest BCUT2D eigenvalue weighted by molar-refractivity contribution is 8.16. The minimum Gasteiger partial charge on any atom is -0.463 e. The molecule has 182 valence electrons. The van der Waals surface area contributed by atoms with Crippen LogP contribution in [0.3, 0.4) is 0 Å². The van der Waals surface area contributed by atoms with Crippen LogP contribution >= 0.6 is 11.8 Å². The van der Waals surface area contributed by atoms with E-state index >= 15 is 0 Å². The van der Waals surface area contributed by atoms with Gasteiger partial charge in [-0.2, -0.15) is 0 Å². The summed E-state index contributed by atoms with van der Waals surface area (Å²) in [6, 6.07) is 16.7. The number of aliphatic imine (C=N–C) groups is 1. The summed E-state index contributed by atoms with van der Waals surface area (Å²) in [5, 5.41) is 5.59. The van der Waals surface area contributed by atoms with Crippen LogP contribution in [-0.2, 0) is 14.3 Å². The van der Waals surface area contributed by atoms with Gasteiger partial charge in [0.25, 0.3) is 0 Å². The molecule has 35 heavy (non-hydrogen) atoms. The lowest BCUT2D eigenvalue weighted by molar-refractivity contribution is -0.139. The maximum atomic E-state index is 13.1. The molecule has 7 nitrogen and oxygen atoms in total. The van der Waals surface area contributed by atoms with Gasteiger partial charge in [-0.1, -0.05) is 42.1 Å². The number of thioether (sulfide) groups is 1. The lowest BCUT2D eigenvalue weighted by atomic mass is 9.93. The standard InChI is InChI=1S/C27H29N3O4S/c1-5-33-26(32)24-18(4)29-27-30(20(16-35-27)15-23(31)28-17(2)3)25(24)19-10-9-13-22(14-19)34-21-11-7-6-8-12-21/h6-14,16-17,25H,5,15H2,1-4H3,(H,28,31). The molecule has 1 amide bonds. The van der Waals surface area contributed by atoms with Crippen molar-refractivity contribution in [1.82, 2.24) is 10.2 Å². The number of rotatable bonds is 8. The van der Waals surface area contributed by atoms with Crippen molar-refractivity contribution in [3.63, 3.8) is 0 Å². The van der Waals surface area contributed by atoms with Crippen LogP contribution in [-0.4, -0.2) is 34.6 Å². The Labute approximate surface area is 209 Å². The van der Waals surface area contributed by atoms with Crippen molar-refractivity contribution in [1.29, 1.82) is 0 Å². The minimum atomic E-state index is -0.506. The van der Waals surface area contributed by atoms with Crippen molar-refractivity contribution in [2.45, 2.75) is 46.2 Å². The van der Waals surface area contributed by atoms with Crippen LogP contribution in [0.25, 0.3) is 0 Å². The van der Waals surface area contributed by atoms with E-state index in [1.165, 1.54) is 11.8 Å². The van der Waals surface area contributed by atoms with E-state index in [-0.39, 0.29) is 25.0 Å². The Morgan fingerprint density at radius 2 is 1.86 bits per heavy atom. The second-order valence-electron chi connectivity index (χ2n) is 8.50. The zero-order valence-electron chi connectivity index (χ0n) is 20.3. The molecule has 1 atom stereocenters. The van der Waals surface area contributed by atoms with Crippen molar-refractivity contribution in [2.75, 3.05) is 6.61 Å². The Morgan fingerprint density at radius 1 is 1.11 bits per heavy atom. The predicted molar refractivity (Wildman–Crippen MR) is 138 cm³/mol. The van der Waals surface area contributed by atoms with Crippen LogP contribution in [0, 0.1) is 0 Å². The smallest absolute Gasteiger partial charge is 0.338 e. The summed E-state index contributed by atoms with van der Waals surface area (Å²) < 4.78 is 11.5. The molecule has 2 aliphatic rings. The number of hydrogen-bond donors (Lipinski definition) is 1. The zero-order chi connectivity index (χ0) is 24.9. The number of benzene rings is 2. The first-order valence-electron chi connectivity index (χ1n) is 11.6. The fourth-order valence-corrected chi connectivity index (χ4v) is 5.03. The monoisotopic (exact) mass is 491 g/mol. The Morgan fingerprint density at radius 3 is 2.57 bits per heavy atom. The maximum Gasteiger partial charge on any atom is 0.338 e. The first kappa shape index (κ1) is 24.6. The number of fused-ring (bicyclic) bond motifs is 1. The molecule has 0 saturated heterocycles. The number of esters is 1. The molecule has 2 aromatic rings. The Hall–Kier alpha value is -3.52. The molecule has 0 saturated carbocycles. The number of carbonyl (C=O) groups excluding carboxylic acids is 2. The third-order valence-corrected chi connectivity index (χ3v) is 6.33. The van der Waals surface area contributed by atoms with E-state index in [4.69, 9.17) is 9.47 Å². The van der Waals surface area contributed by atoms with E-state index in [2.05, 4.69) is 10.3 Å². The van der Waals surface area contributed by atoms with Crippen LogP contribution in [0.5, 0.6) is 11.5 Å². The van der Waals surface area contributed by atoms with Gasteiger partial charge in [-0.15, -0.1) is 0 Å². The molecule has 0 aromatic heterocycles. The first-order chi connectivity index (χ1) is 16.9. The highest BCUT2D eigenvalue weighted by atomic mass is 32.2. The van der Waals surface area contributed by atoms with Gasteiger partial charge in [0.2, 0.25) is 5.91 Å². The number of ether oxygens (including phenoxy) is 2. The number of allylic oxidation sites excluding steroid dienone is 1. The lowest BCUT2D eigenvalue weighted by Crippen LogP contribution is -2.38. The second-order valence-corrected chi connectivity index (χ2v) is 9.34. The normalized spacial score (nSPS) is 17.1. The minimum absolute atomic E-state index is 0.0338. The van der Waals surface area contributed by atoms with Crippen LogP contribution in [0.1, 0.15) is 45.7 Å². The Bertz CT molecular complexity index is 1200. The molecule has 1 unspecified atom stereocenters. The molecule has 2 aromatic carbocycles. The van der Waals surface area contributed by atoms with E-state index in [1.807, 2.05) is 85.7 Å². The van der Waals surface area contributed by atoms with Gasteiger partial charge in [0.15, 0.2) is 5.17 Å². The van der Waals surface area contributed by atoms with E-state index in [9.17, 15) is 9.59 Å². The summed E-state index contributed by atoms with van der Waals surface area (Å²) in [6.45, 7) is 7.70. The maximum absolute atomic E-state index is 13.1. The van der Waals surface area contributed by atoms with Crippen molar-refractivity contribution in [2.24, 2.45) is 4.99 Å². The third kappa shape index (κ3) is 5.59. The van der Waals surface area contributed by atoms with Gasteiger partial charge >= 0.3 is 5.97 Å². The summed E-state index contributed by atoms with van der Waals surface area (Å²) in [5.41, 5.74) is 2.67. The van der Waals surface area contributed by atoms with Gasteiger partial charge < -0.3 is 19.7 Å². The largest absolute Gasteiger partial charge is 0.463 e. The number of carbonyl (C=O) groups is 2. The number of para-hydroxylation sites is 1. The van der Waals surface area contributed by atoms with Gasteiger partial charge in [-0.05, 0) is 62.9 Å². The molecule has 2 aliphatic heterocycles. The van der Waals surface area contributed by atoms with Crippen LogP contribution in [0.15, 0.2) is 82.0 Å². The highest BCUT2D eigenvalue weighted by Crippen LogP contribution is 2.45. The van der Waals surface area contributed by atoms with Crippen molar-refractivity contribution in [3.05, 3.63) is 82.5 Å². The van der Waals surface area contributed by atoms with Crippen LogP contribution < -0.4 is 10.1 Å². The number of nitrogens with zero attached hydrogens (tertiary/aromatic N) is 2. The molecule has 0 spiro atoms. The third-order valence-electron chi connectivity index (χ3n) is 5.44. The van der Waals surface area contributed by atoms with Crippen LogP contribution in [0.4, 0.5) is 0 Å². The molecule has 0 radical (unpaired) electrons. The van der Waals surface area contributed by atoms with E-state index < -0.39 is 12.0 Å². The fourth-order valence-electron chi connectivity index (χ4n) is 4.07. The lowest BCUT2D eigenvalue weighted by Gasteiger charge is -2.36. The molecule has 1 N–H and O–H groups in total. The van der Waals surface area contributed by atoms with E-state index in [0.717, 1.165) is 22.2 Å². The Kier molecular flexibility index (Phi) is 7.60. The molecular formula is C27H29N3O4S. The first-order valence-corrected chi connectivity index (χ1v) is 12.5. The number of hydrogen-bond acceptors (Lipinski definition) is 7. The van der Waals surface area contributed by atoms with Crippen LogP contribution in [0.2, 0.25) is 0 Å². The van der Waals surface area contributed by atoms with Crippen molar-refractivity contribution in [3.8, 4) is 11.5 Å². The van der Waals surface area contributed by atoms with Crippen molar-refractivity contribution < 1.29 is 19.1 Å². The van der Waals surface area contributed by atoms with E-state index in [0.29, 0.717) is 17.0 Å². The molecule has 0 fully saturated rings. The zero-order valence-corrected chi connectivity index (χ0v) is 21.1. The molecule has 2 heterocycles. The molecule has 8 heteroatoms. The fraction of sp³-hybridized carbons (Fsp3) is 0.296. The number of nitrogens with one attached hydrogen (secondary N) is 1. The summed E-state index contributed by atoms with van der Waals surface area (Å²) in [7, 11) is 0. The number of amides is 1. The summed E-state index contributed by atoms with van der Waals surface area (Å²) in [6.07, 6.45) is 0.177. The Balaban J connectivity index is 1.73. The van der Waals surface area contributed by atoms with Gasteiger partial charge in [0, 0.05) is 11.7 Å².